The highest BCUT2D eigenvalue weighted by Crippen LogP contribution is 2.18. The third-order valence-electron chi connectivity index (χ3n) is 4.31. The van der Waals surface area contributed by atoms with Gasteiger partial charge in [-0.2, -0.15) is 0 Å². The van der Waals surface area contributed by atoms with Gasteiger partial charge in [0.2, 0.25) is 0 Å². The number of ether oxygens (including phenoxy) is 1. The van der Waals surface area contributed by atoms with E-state index < -0.39 is 0 Å². The molecule has 23 heavy (non-hydrogen) atoms. The first-order valence-corrected chi connectivity index (χ1v) is 8.39. The Morgan fingerprint density at radius 1 is 1.43 bits per heavy atom. The number of benzene rings is 1. The number of aliphatic imine (C=N–C) groups is 1. The third kappa shape index (κ3) is 3.85. The van der Waals surface area contributed by atoms with Crippen molar-refractivity contribution in [3.63, 3.8) is 0 Å². The van der Waals surface area contributed by atoms with Crippen molar-refractivity contribution in [3.8, 4) is 0 Å². The Bertz CT molecular complexity index is 631. The molecular weight excluding hydrogens is 288 g/mol. The zero-order chi connectivity index (χ0) is 16.1. The largest absolute Gasteiger partial charge is 0.384 e. The lowest BCUT2D eigenvalue weighted by Crippen LogP contribution is -2.40. The maximum absolute atomic E-state index is 5.28. The standard InChI is InChI=1S/C18H26N4O/c1-3-19-18(22-9-8-14(12-22)13-23-2)20-11-16-10-15-6-4-5-7-17(15)21-16/h4-7,10,14,21H,3,8-9,11-13H2,1-2H3,(H,19,20). The molecule has 2 N–H and O–H groups in total. The molecule has 2 heterocycles. The normalized spacial score (nSPS) is 18.8. The van der Waals surface area contributed by atoms with Gasteiger partial charge in [-0.25, -0.2) is 4.99 Å². The second-order valence-electron chi connectivity index (χ2n) is 6.11. The van der Waals surface area contributed by atoms with E-state index in [2.05, 4.69) is 52.5 Å². The zero-order valence-electron chi connectivity index (χ0n) is 14.0. The van der Waals surface area contributed by atoms with Crippen LogP contribution in [-0.4, -0.2) is 49.2 Å². The van der Waals surface area contributed by atoms with E-state index in [0.717, 1.165) is 37.9 Å². The first-order valence-electron chi connectivity index (χ1n) is 8.39. The number of para-hydroxylation sites is 1. The Labute approximate surface area is 137 Å². The molecule has 1 fully saturated rings. The van der Waals surface area contributed by atoms with Gasteiger partial charge in [-0.05, 0) is 30.9 Å². The summed E-state index contributed by atoms with van der Waals surface area (Å²) in [5.74, 6) is 1.61. The molecule has 5 nitrogen and oxygen atoms in total. The Morgan fingerprint density at radius 3 is 3.09 bits per heavy atom. The van der Waals surface area contributed by atoms with Crippen molar-refractivity contribution in [2.45, 2.75) is 19.9 Å². The lowest BCUT2D eigenvalue weighted by Gasteiger charge is -2.21. The van der Waals surface area contributed by atoms with Crippen LogP contribution in [0.25, 0.3) is 10.9 Å². The predicted molar refractivity (Wildman–Crippen MR) is 94.7 cm³/mol. The number of H-pyrrole nitrogens is 1. The lowest BCUT2D eigenvalue weighted by molar-refractivity contribution is 0.157. The zero-order valence-corrected chi connectivity index (χ0v) is 14.0. The first-order chi connectivity index (χ1) is 11.3. The Kier molecular flexibility index (Phi) is 5.18. The van der Waals surface area contributed by atoms with Crippen LogP contribution in [0.5, 0.6) is 0 Å². The van der Waals surface area contributed by atoms with Gasteiger partial charge in [0, 0.05) is 43.9 Å². The minimum atomic E-state index is 0.608. The van der Waals surface area contributed by atoms with Gasteiger partial charge in [-0.1, -0.05) is 18.2 Å². The number of nitrogens with zero attached hydrogens (tertiary/aromatic N) is 2. The van der Waals surface area contributed by atoms with Crippen LogP contribution in [0.1, 0.15) is 19.0 Å². The smallest absolute Gasteiger partial charge is 0.194 e. The Hall–Kier alpha value is -2.01. The molecule has 1 aromatic heterocycles. The molecule has 124 valence electrons. The summed E-state index contributed by atoms with van der Waals surface area (Å²) in [6, 6.07) is 10.5. The SMILES string of the molecule is CCNC(=NCc1cc2ccccc2[nH]1)N1CCC(COC)C1. The highest BCUT2D eigenvalue weighted by atomic mass is 16.5. The predicted octanol–water partition coefficient (Wildman–Crippen LogP) is 2.60. The summed E-state index contributed by atoms with van der Waals surface area (Å²) >= 11 is 0. The summed E-state index contributed by atoms with van der Waals surface area (Å²) in [5.41, 5.74) is 2.32. The van der Waals surface area contributed by atoms with Gasteiger partial charge < -0.3 is 19.9 Å². The third-order valence-corrected chi connectivity index (χ3v) is 4.31. The van der Waals surface area contributed by atoms with Crippen LogP contribution >= 0.6 is 0 Å². The van der Waals surface area contributed by atoms with Gasteiger partial charge in [0.05, 0.1) is 13.2 Å². The summed E-state index contributed by atoms with van der Waals surface area (Å²) in [6.45, 7) is 6.57. The Morgan fingerprint density at radius 2 is 2.30 bits per heavy atom. The number of rotatable bonds is 5. The van der Waals surface area contributed by atoms with Gasteiger partial charge in [0.15, 0.2) is 5.96 Å². The molecule has 0 aliphatic carbocycles. The maximum Gasteiger partial charge on any atom is 0.194 e. The Balaban J connectivity index is 1.69. The van der Waals surface area contributed by atoms with E-state index >= 15 is 0 Å². The van der Waals surface area contributed by atoms with Gasteiger partial charge >= 0.3 is 0 Å². The summed E-state index contributed by atoms with van der Waals surface area (Å²) < 4.78 is 5.28. The highest BCUT2D eigenvalue weighted by molar-refractivity contribution is 5.81. The molecule has 2 aromatic rings. The molecule has 3 rings (SSSR count). The fourth-order valence-electron chi connectivity index (χ4n) is 3.20. The van der Waals surface area contributed by atoms with Crippen LogP contribution in [0.15, 0.2) is 35.3 Å². The topological polar surface area (TPSA) is 52.7 Å². The lowest BCUT2D eigenvalue weighted by atomic mass is 10.1. The fraction of sp³-hybridized carbons (Fsp3) is 0.500. The molecule has 1 aromatic carbocycles. The molecular formula is C18H26N4O. The summed E-state index contributed by atoms with van der Waals surface area (Å²) in [7, 11) is 1.78. The van der Waals surface area contributed by atoms with Crippen LogP contribution in [0.4, 0.5) is 0 Å². The maximum atomic E-state index is 5.28. The molecule has 1 aliphatic rings. The van der Waals surface area contributed by atoms with Gasteiger partial charge in [-0.15, -0.1) is 0 Å². The number of aromatic amines is 1. The van der Waals surface area contributed by atoms with Gasteiger partial charge in [0.1, 0.15) is 0 Å². The minimum Gasteiger partial charge on any atom is -0.384 e. The fourth-order valence-corrected chi connectivity index (χ4v) is 3.20. The molecule has 1 unspecified atom stereocenters. The quantitative estimate of drug-likeness (QED) is 0.659. The molecule has 1 saturated heterocycles. The molecule has 1 aliphatic heterocycles. The van der Waals surface area contributed by atoms with Crippen molar-refractivity contribution in [1.29, 1.82) is 0 Å². The van der Waals surface area contributed by atoms with Crippen LogP contribution in [0, 0.1) is 5.92 Å². The summed E-state index contributed by atoms with van der Waals surface area (Å²) in [6.07, 6.45) is 1.17. The monoisotopic (exact) mass is 314 g/mol. The van der Waals surface area contributed by atoms with E-state index in [4.69, 9.17) is 9.73 Å². The van der Waals surface area contributed by atoms with Crippen molar-refractivity contribution >= 4 is 16.9 Å². The average Bonchev–Trinajstić information content (AvgIpc) is 3.18. The van der Waals surface area contributed by atoms with Gasteiger partial charge in [-0.3, -0.25) is 0 Å². The number of guanidine groups is 1. The molecule has 0 radical (unpaired) electrons. The van der Waals surface area contributed by atoms with E-state index in [1.807, 2.05) is 0 Å². The van der Waals surface area contributed by atoms with E-state index in [9.17, 15) is 0 Å². The van der Waals surface area contributed by atoms with Crippen LogP contribution in [0.3, 0.4) is 0 Å². The van der Waals surface area contributed by atoms with Crippen molar-refractivity contribution < 1.29 is 4.74 Å². The van der Waals surface area contributed by atoms with Crippen LogP contribution < -0.4 is 5.32 Å². The molecule has 0 amide bonds. The second-order valence-corrected chi connectivity index (χ2v) is 6.11. The number of likely N-dealkylation sites (tertiary alicyclic amines) is 1. The van der Waals surface area contributed by atoms with Crippen molar-refractivity contribution in [1.82, 2.24) is 15.2 Å². The number of aromatic nitrogens is 1. The number of methoxy groups -OCH3 is 1. The van der Waals surface area contributed by atoms with Gasteiger partial charge in [0.25, 0.3) is 0 Å². The summed E-state index contributed by atoms with van der Waals surface area (Å²) in [5, 5.41) is 4.65. The average molecular weight is 314 g/mol. The first kappa shape index (κ1) is 15.9. The van der Waals surface area contributed by atoms with Crippen molar-refractivity contribution in [2.75, 3.05) is 33.4 Å². The summed E-state index contributed by atoms with van der Waals surface area (Å²) in [4.78, 5) is 10.6. The van der Waals surface area contributed by atoms with Crippen molar-refractivity contribution in [3.05, 3.63) is 36.0 Å². The second kappa shape index (κ2) is 7.51. The molecule has 5 heteroatoms. The molecule has 0 bridgehead atoms. The van der Waals surface area contributed by atoms with Crippen LogP contribution in [0.2, 0.25) is 0 Å². The minimum absolute atomic E-state index is 0.608. The number of nitrogens with one attached hydrogen (secondary N) is 2. The molecule has 0 spiro atoms. The molecule has 0 saturated carbocycles. The number of hydrogen-bond acceptors (Lipinski definition) is 2. The van der Waals surface area contributed by atoms with E-state index in [0.29, 0.717) is 12.5 Å². The highest BCUT2D eigenvalue weighted by Gasteiger charge is 2.24. The van der Waals surface area contributed by atoms with E-state index in [-0.39, 0.29) is 0 Å². The van der Waals surface area contributed by atoms with E-state index in [1.165, 1.54) is 17.3 Å². The van der Waals surface area contributed by atoms with E-state index in [1.54, 1.807) is 7.11 Å². The number of hydrogen-bond donors (Lipinski definition) is 2. The van der Waals surface area contributed by atoms with Crippen molar-refractivity contribution in [2.24, 2.45) is 10.9 Å². The van der Waals surface area contributed by atoms with Crippen LogP contribution in [-0.2, 0) is 11.3 Å². The molecule has 1 atom stereocenters. The number of fused-ring (bicyclic) bond motifs is 1.